The normalized spacial score (nSPS) is 10.3. The van der Waals surface area contributed by atoms with Gasteiger partial charge in [0, 0.05) is 7.05 Å². The van der Waals surface area contributed by atoms with E-state index < -0.39 is 6.09 Å². The zero-order chi connectivity index (χ0) is 20.7. The van der Waals surface area contributed by atoms with Gasteiger partial charge in [-0.05, 0) is 50.3 Å². The summed E-state index contributed by atoms with van der Waals surface area (Å²) in [7, 11) is 1.44. The topological polar surface area (TPSA) is 123 Å². The Morgan fingerprint density at radius 2 is 2.04 bits per heavy atom. The van der Waals surface area contributed by atoms with Crippen molar-refractivity contribution in [3.63, 3.8) is 0 Å². The van der Waals surface area contributed by atoms with Gasteiger partial charge in [0.2, 0.25) is 0 Å². The van der Waals surface area contributed by atoms with Crippen LogP contribution in [0.4, 0.5) is 10.5 Å². The van der Waals surface area contributed by atoms with Gasteiger partial charge < -0.3 is 20.5 Å². The maximum atomic E-state index is 10.9. The van der Waals surface area contributed by atoms with Gasteiger partial charge in [0.15, 0.2) is 10.9 Å². The summed E-state index contributed by atoms with van der Waals surface area (Å²) in [6.07, 6.45) is 2.01. The van der Waals surface area contributed by atoms with Crippen LogP contribution >= 0.6 is 12.2 Å². The first kappa shape index (κ1) is 21.0. The summed E-state index contributed by atoms with van der Waals surface area (Å²) in [5, 5.41) is 22.9. The molecule has 0 atom stereocenters. The molecule has 0 fully saturated rings. The highest BCUT2D eigenvalue weighted by Crippen LogP contribution is 2.12. The van der Waals surface area contributed by atoms with Crippen LogP contribution in [0.15, 0.2) is 36.7 Å². The number of nitrogens with one attached hydrogen (secondary N) is 3. The predicted molar refractivity (Wildman–Crippen MR) is 110 cm³/mol. The fourth-order valence-electron chi connectivity index (χ4n) is 2.09. The number of carboxylic acid groups (broad SMARTS) is 1. The number of aromatic nitrogens is 2. The van der Waals surface area contributed by atoms with Gasteiger partial charge in [0.1, 0.15) is 11.4 Å². The molecule has 0 aliphatic carbocycles. The number of rotatable bonds is 6. The molecule has 1 amide bonds. The van der Waals surface area contributed by atoms with Crippen LogP contribution in [0.2, 0.25) is 0 Å². The van der Waals surface area contributed by atoms with E-state index in [-0.39, 0.29) is 17.1 Å². The second-order valence-corrected chi connectivity index (χ2v) is 6.49. The summed E-state index contributed by atoms with van der Waals surface area (Å²) < 4.78 is 5.52. The molecular weight excluding hydrogens is 380 g/mol. The largest absolute Gasteiger partial charge is 0.489 e. The number of carbonyl (C=O) groups is 1. The van der Waals surface area contributed by atoms with Gasteiger partial charge in [0.05, 0.1) is 36.4 Å². The van der Waals surface area contributed by atoms with Gasteiger partial charge >= 0.3 is 6.09 Å². The Morgan fingerprint density at radius 3 is 2.57 bits per heavy atom. The van der Waals surface area contributed by atoms with Gasteiger partial charge in [-0.25, -0.2) is 9.78 Å². The van der Waals surface area contributed by atoms with Crippen LogP contribution in [0.3, 0.4) is 0 Å². The number of anilines is 1. The number of amidine groups is 1. The van der Waals surface area contributed by atoms with Crippen LogP contribution in [0.5, 0.6) is 5.75 Å². The number of hydrogen-bond acceptors (Lipinski definition) is 6. The molecule has 0 radical (unpaired) electrons. The van der Waals surface area contributed by atoms with Gasteiger partial charge in [-0.15, -0.1) is 0 Å². The molecule has 0 spiro atoms. The first-order valence-corrected chi connectivity index (χ1v) is 8.85. The Hall–Kier alpha value is -3.27. The highest BCUT2D eigenvalue weighted by atomic mass is 32.1. The Morgan fingerprint density at radius 1 is 1.29 bits per heavy atom. The molecule has 0 unspecified atom stereocenters. The van der Waals surface area contributed by atoms with Gasteiger partial charge in [-0.1, -0.05) is 0 Å². The van der Waals surface area contributed by atoms with Gasteiger partial charge in [-0.2, -0.15) is 0 Å². The first-order chi connectivity index (χ1) is 13.3. The monoisotopic (exact) mass is 402 g/mol. The van der Waals surface area contributed by atoms with Crippen LogP contribution in [0, 0.1) is 5.41 Å². The molecule has 148 valence electrons. The molecule has 0 saturated heterocycles. The molecule has 0 bridgehead atoms. The summed E-state index contributed by atoms with van der Waals surface area (Å²) in [5.74, 6) is 0.690. The van der Waals surface area contributed by atoms with Crippen molar-refractivity contribution in [3.05, 3.63) is 48.0 Å². The Bertz CT molecular complexity index is 839. The Balaban J connectivity index is 1.85. The van der Waals surface area contributed by atoms with Crippen molar-refractivity contribution in [2.75, 3.05) is 11.9 Å². The molecule has 2 rings (SSSR count). The Kier molecular flexibility index (Phi) is 7.21. The highest BCUT2D eigenvalue weighted by molar-refractivity contribution is 7.80. The molecule has 2 aromatic heterocycles. The molecule has 10 heteroatoms. The summed E-state index contributed by atoms with van der Waals surface area (Å²) in [5.41, 5.74) is 1.57. The van der Waals surface area contributed by atoms with Crippen molar-refractivity contribution >= 4 is 34.9 Å². The first-order valence-electron chi connectivity index (χ1n) is 8.44. The van der Waals surface area contributed by atoms with E-state index in [1.54, 1.807) is 30.5 Å². The van der Waals surface area contributed by atoms with E-state index in [0.29, 0.717) is 29.4 Å². The van der Waals surface area contributed by atoms with E-state index in [1.807, 2.05) is 13.8 Å². The standard InChI is InChI=1S/C18H22N6O3S/c1-11(2)27-14-6-7-15(21-10-14)16(19)23-17(28)22-8-12-4-5-13(9-20-12)24(3)18(25)26/h4-7,9-11H,8H2,1-3H3,(H,25,26)(H3,19,22,23,28). The number of ether oxygens (including phenoxy) is 1. The van der Waals surface area contributed by atoms with Crippen LogP contribution in [-0.4, -0.2) is 45.3 Å². The van der Waals surface area contributed by atoms with E-state index in [9.17, 15) is 4.79 Å². The van der Waals surface area contributed by atoms with Crippen molar-refractivity contribution in [1.82, 2.24) is 20.6 Å². The third kappa shape index (κ3) is 6.16. The highest BCUT2D eigenvalue weighted by Gasteiger charge is 2.09. The van der Waals surface area contributed by atoms with E-state index in [1.165, 1.54) is 13.2 Å². The van der Waals surface area contributed by atoms with Crippen molar-refractivity contribution in [2.24, 2.45) is 0 Å². The SMILES string of the molecule is CC(C)Oc1ccc(C(=N)NC(=S)NCc2ccc(N(C)C(=O)O)cn2)nc1. The average molecular weight is 402 g/mol. The van der Waals surface area contributed by atoms with Gasteiger partial charge in [-0.3, -0.25) is 15.3 Å². The van der Waals surface area contributed by atoms with Gasteiger partial charge in [0.25, 0.3) is 0 Å². The maximum absolute atomic E-state index is 10.9. The fraction of sp³-hybridized carbons (Fsp3) is 0.278. The fourth-order valence-corrected chi connectivity index (χ4v) is 2.27. The quantitative estimate of drug-likeness (QED) is 0.330. The molecule has 0 aliphatic heterocycles. The smallest absolute Gasteiger partial charge is 0.411 e. The number of amides is 1. The molecule has 28 heavy (non-hydrogen) atoms. The number of thiocarbonyl (C=S) groups is 1. The number of hydrogen-bond donors (Lipinski definition) is 4. The lowest BCUT2D eigenvalue weighted by molar-refractivity contribution is 0.203. The molecule has 4 N–H and O–H groups in total. The van der Waals surface area contributed by atoms with Crippen LogP contribution in [0.25, 0.3) is 0 Å². The third-order valence-electron chi connectivity index (χ3n) is 3.52. The third-order valence-corrected chi connectivity index (χ3v) is 3.76. The molecule has 0 saturated carbocycles. The Labute approximate surface area is 168 Å². The summed E-state index contributed by atoms with van der Waals surface area (Å²) in [6.45, 7) is 4.17. The molecular formula is C18H22N6O3S. The van der Waals surface area contributed by atoms with E-state index in [4.69, 9.17) is 27.5 Å². The lowest BCUT2D eigenvalue weighted by Gasteiger charge is -2.14. The maximum Gasteiger partial charge on any atom is 0.411 e. The summed E-state index contributed by atoms with van der Waals surface area (Å²) in [6, 6.07) is 6.77. The van der Waals surface area contributed by atoms with Crippen molar-refractivity contribution in [3.8, 4) is 5.75 Å². The van der Waals surface area contributed by atoms with Crippen LogP contribution in [-0.2, 0) is 6.54 Å². The van der Waals surface area contributed by atoms with E-state index in [2.05, 4.69) is 20.6 Å². The van der Waals surface area contributed by atoms with Crippen molar-refractivity contribution < 1.29 is 14.6 Å². The average Bonchev–Trinajstić information content (AvgIpc) is 2.66. The summed E-state index contributed by atoms with van der Waals surface area (Å²) >= 11 is 5.18. The van der Waals surface area contributed by atoms with E-state index in [0.717, 1.165) is 4.90 Å². The van der Waals surface area contributed by atoms with E-state index >= 15 is 0 Å². The minimum Gasteiger partial charge on any atom is -0.489 e. The molecule has 9 nitrogen and oxygen atoms in total. The zero-order valence-corrected chi connectivity index (χ0v) is 16.6. The second-order valence-electron chi connectivity index (χ2n) is 6.08. The molecule has 0 aromatic carbocycles. The number of pyridine rings is 2. The summed E-state index contributed by atoms with van der Waals surface area (Å²) in [4.78, 5) is 20.4. The molecule has 2 heterocycles. The number of nitrogens with zero attached hydrogens (tertiary/aromatic N) is 3. The lowest BCUT2D eigenvalue weighted by Crippen LogP contribution is -2.39. The van der Waals surface area contributed by atoms with Crippen molar-refractivity contribution in [1.29, 1.82) is 5.41 Å². The molecule has 2 aromatic rings. The lowest BCUT2D eigenvalue weighted by atomic mass is 10.3. The van der Waals surface area contributed by atoms with Crippen LogP contribution < -0.4 is 20.3 Å². The second kappa shape index (κ2) is 9.60. The minimum absolute atomic E-state index is 0.0502. The zero-order valence-electron chi connectivity index (χ0n) is 15.8. The van der Waals surface area contributed by atoms with Crippen LogP contribution in [0.1, 0.15) is 25.2 Å². The predicted octanol–water partition coefficient (Wildman–Crippen LogP) is 2.37. The minimum atomic E-state index is -1.06. The van der Waals surface area contributed by atoms with Crippen molar-refractivity contribution in [2.45, 2.75) is 26.5 Å². The molecule has 0 aliphatic rings.